The van der Waals surface area contributed by atoms with E-state index in [4.69, 9.17) is 4.74 Å². The summed E-state index contributed by atoms with van der Waals surface area (Å²) < 4.78 is 5.03. The SMILES string of the molecule is COc1ccc(SCCC=O)cc1. The molecule has 0 amide bonds. The van der Waals surface area contributed by atoms with Crippen LogP contribution in [0.2, 0.25) is 0 Å². The number of aldehydes is 1. The van der Waals surface area contributed by atoms with Crippen LogP contribution in [0.4, 0.5) is 0 Å². The molecular formula is C10H12O2S. The number of hydrogen-bond donors (Lipinski definition) is 0. The van der Waals surface area contributed by atoms with E-state index in [9.17, 15) is 4.79 Å². The minimum atomic E-state index is 0.608. The second kappa shape index (κ2) is 5.65. The van der Waals surface area contributed by atoms with Gasteiger partial charge in [-0.1, -0.05) is 0 Å². The predicted molar refractivity (Wildman–Crippen MR) is 54.4 cm³/mol. The molecule has 0 fully saturated rings. The van der Waals surface area contributed by atoms with Crippen molar-refractivity contribution in [1.29, 1.82) is 0 Å². The molecule has 0 N–H and O–H groups in total. The van der Waals surface area contributed by atoms with Gasteiger partial charge in [0.05, 0.1) is 7.11 Å². The van der Waals surface area contributed by atoms with Crippen molar-refractivity contribution in [3.05, 3.63) is 24.3 Å². The molecule has 0 aliphatic carbocycles. The highest BCUT2D eigenvalue weighted by Crippen LogP contribution is 2.21. The molecule has 0 unspecified atom stereocenters. The van der Waals surface area contributed by atoms with Gasteiger partial charge < -0.3 is 9.53 Å². The number of carbonyl (C=O) groups excluding carboxylic acids is 1. The van der Waals surface area contributed by atoms with Gasteiger partial charge in [0.2, 0.25) is 0 Å². The molecule has 1 rings (SSSR count). The van der Waals surface area contributed by atoms with E-state index < -0.39 is 0 Å². The van der Waals surface area contributed by atoms with Crippen molar-refractivity contribution in [2.75, 3.05) is 12.9 Å². The van der Waals surface area contributed by atoms with Gasteiger partial charge in [-0.3, -0.25) is 0 Å². The van der Waals surface area contributed by atoms with Crippen molar-refractivity contribution in [2.45, 2.75) is 11.3 Å². The first kappa shape index (κ1) is 10.1. The van der Waals surface area contributed by atoms with E-state index in [1.54, 1.807) is 18.9 Å². The zero-order valence-corrected chi connectivity index (χ0v) is 8.34. The Kier molecular flexibility index (Phi) is 4.40. The van der Waals surface area contributed by atoms with Gasteiger partial charge in [-0.05, 0) is 24.3 Å². The third-order valence-corrected chi connectivity index (χ3v) is 2.61. The molecular weight excluding hydrogens is 184 g/mol. The highest BCUT2D eigenvalue weighted by atomic mass is 32.2. The first-order chi connectivity index (χ1) is 6.36. The van der Waals surface area contributed by atoms with E-state index in [0.29, 0.717) is 6.42 Å². The van der Waals surface area contributed by atoms with Crippen molar-refractivity contribution in [2.24, 2.45) is 0 Å². The van der Waals surface area contributed by atoms with E-state index in [1.807, 2.05) is 24.3 Å². The molecule has 0 atom stereocenters. The second-order valence-corrected chi connectivity index (χ2v) is 3.65. The van der Waals surface area contributed by atoms with Crippen molar-refractivity contribution in [1.82, 2.24) is 0 Å². The summed E-state index contributed by atoms with van der Waals surface area (Å²) in [6.07, 6.45) is 1.55. The Labute approximate surface area is 82.3 Å². The number of ether oxygens (including phenoxy) is 1. The Balaban J connectivity index is 2.44. The van der Waals surface area contributed by atoms with E-state index in [1.165, 1.54) is 4.90 Å². The van der Waals surface area contributed by atoms with Gasteiger partial charge in [-0.15, -0.1) is 11.8 Å². The van der Waals surface area contributed by atoms with Gasteiger partial charge in [-0.2, -0.15) is 0 Å². The number of methoxy groups -OCH3 is 1. The van der Waals surface area contributed by atoms with Gasteiger partial charge in [-0.25, -0.2) is 0 Å². The van der Waals surface area contributed by atoms with Crippen LogP contribution in [0.15, 0.2) is 29.2 Å². The minimum absolute atomic E-state index is 0.608. The fourth-order valence-electron chi connectivity index (χ4n) is 0.897. The molecule has 1 aromatic rings. The summed E-state index contributed by atoms with van der Waals surface area (Å²) in [5.41, 5.74) is 0. The Hall–Kier alpha value is -0.960. The molecule has 2 nitrogen and oxygen atoms in total. The standard InChI is InChI=1S/C10H12O2S/c1-12-9-3-5-10(6-4-9)13-8-2-7-11/h3-7H,2,8H2,1H3. The highest BCUT2D eigenvalue weighted by molar-refractivity contribution is 7.99. The molecule has 0 aromatic heterocycles. The molecule has 0 heterocycles. The van der Waals surface area contributed by atoms with Crippen LogP contribution in [-0.2, 0) is 4.79 Å². The molecule has 0 aliphatic rings. The molecule has 1 aromatic carbocycles. The van der Waals surface area contributed by atoms with Gasteiger partial charge >= 0.3 is 0 Å². The van der Waals surface area contributed by atoms with Crippen molar-refractivity contribution in [3.63, 3.8) is 0 Å². The maximum Gasteiger partial charge on any atom is 0.120 e. The zero-order valence-electron chi connectivity index (χ0n) is 7.53. The van der Waals surface area contributed by atoms with Gasteiger partial charge in [0.25, 0.3) is 0 Å². The van der Waals surface area contributed by atoms with Crippen molar-refractivity contribution in [3.8, 4) is 5.75 Å². The maximum absolute atomic E-state index is 10.1. The van der Waals surface area contributed by atoms with E-state index in [0.717, 1.165) is 17.8 Å². The predicted octanol–water partition coefficient (Wildman–Crippen LogP) is 2.38. The topological polar surface area (TPSA) is 26.3 Å². The molecule has 0 radical (unpaired) electrons. The lowest BCUT2D eigenvalue weighted by molar-refractivity contribution is -0.107. The lowest BCUT2D eigenvalue weighted by atomic mass is 10.3. The van der Waals surface area contributed by atoms with E-state index in [2.05, 4.69) is 0 Å². The second-order valence-electron chi connectivity index (χ2n) is 2.48. The van der Waals surface area contributed by atoms with Crippen LogP contribution in [-0.4, -0.2) is 19.1 Å². The average Bonchev–Trinajstić information content (AvgIpc) is 2.19. The fraction of sp³-hybridized carbons (Fsp3) is 0.300. The quantitative estimate of drug-likeness (QED) is 0.411. The largest absolute Gasteiger partial charge is 0.497 e. The summed E-state index contributed by atoms with van der Waals surface area (Å²) in [6, 6.07) is 7.83. The maximum atomic E-state index is 10.1. The number of thioether (sulfide) groups is 1. The first-order valence-electron chi connectivity index (χ1n) is 4.07. The van der Waals surface area contributed by atoms with Crippen LogP contribution < -0.4 is 4.74 Å². The van der Waals surface area contributed by atoms with Crippen LogP contribution in [0, 0.1) is 0 Å². The highest BCUT2D eigenvalue weighted by Gasteiger charge is 1.94. The monoisotopic (exact) mass is 196 g/mol. The third-order valence-electron chi connectivity index (χ3n) is 1.56. The van der Waals surface area contributed by atoms with Crippen LogP contribution in [0.25, 0.3) is 0 Å². The van der Waals surface area contributed by atoms with Crippen LogP contribution in [0.3, 0.4) is 0 Å². The van der Waals surface area contributed by atoms with Crippen LogP contribution in [0.5, 0.6) is 5.75 Å². The van der Waals surface area contributed by atoms with E-state index >= 15 is 0 Å². The lowest BCUT2D eigenvalue weighted by Gasteiger charge is -2.01. The minimum Gasteiger partial charge on any atom is -0.497 e. The van der Waals surface area contributed by atoms with Crippen LogP contribution >= 0.6 is 11.8 Å². The fourth-order valence-corrected chi connectivity index (χ4v) is 1.68. The molecule has 0 saturated heterocycles. The van der Waals surface area contributed by atoms with Crippen LogP contribution in [0.1, 0.15) is 6.42 Å². The van der Waals surface area contributed by atoms with Gasteiger partial charge in [0.15, 0.2) is 0 Å². The molecule has 0 bridgehead atoms. The number of hydrogen-bond acceptors (Lipinski definition) is 3. The summed E-state index contributed by atoms with van der Waals surface area (Å²) in [5.74, 6) is 1.70. The summed E-state index contributed by atoms with van der Waals surface area (Å²) in [5, 5.41) is 0. The summed E-state index contributed by atoms with van der Waals surface area (Å²) in [6.45, 7) is 0. The number of benzene rings is 1. The van der Waals surface area contributed by atoms with E-state index in [-0.39, 0.29) is 0 Å². The van der Waals surface area contributed by atoms with Gasteiger partial charge in [0, 0.05) is 17.1 Å². The molecule has 0 aliphatic heterocycles. The Morgan fingerprint density at radius 3 is 2.62 bits per heavy atom. The third kappa shape index (κ3) is 3.51. The lowest BCUT2D eigenvalue weighted by Crippen LogP contribution is -1.83. The Bertz CT molecular complexity index is 256. The normalized spacial score (nSPS) is 9.62. The summed E-state index contributed by atoms with van der Waals surface area (Å²) in [4.78, 5) is 11.2. The Morgan fingerprint density at radius 2 is 2.08 bits per heavy atom. The molecule has 0 saturated carbocycles. The van der Waals surface area contributed by atoms with Crippen molar-refractivity contribution >= 4 is 18.0 Å². The summed E-state index contributed by atoms with van der Waals surface area (Å²) >= 11 is 1.68. The van der Waals surface area contributed by atoms with Crippen molar-refractivity contribution < 1.29 is 9.53 Å². The molecule has 0 spiro atoms. The summed E-state index contributed by atoms with van der Waals surface area (Å²) in [7, 11) is 1.65. The van der Waals surface area contributed by atoms with Gasteiger partial charge in [0.1, 0.15) is 12.0 Å². The zero-order chi connectivity index (χ0) is 9.52. The molecule has 3 heteroatoms. The number of carbonyl (C=O) groups is 1. The Morgan fingerprint density at radius 1 is 1.38 bits per heavy atom. The number of rotatable bonds is 5. The smallest absolute Gasteiger partial charge is 0.120 e. The molecule has 13 heavy (non-hydrogen) atoms. The average molecular weight is 196 g/mol. The molecule has 70 valence electrons. The first-order valence-corrected chi connectivity index (χ1v) is 5.06.